The van der Waals surface area contributed by atoms with Gasteiger partial charge in [-0.05, 0) is 25.5 Å². The van der Waals surface area contributed by atoms with Crippen LogP contribution in [0.4, 0.5) is 0 Å². The molecule has 1 aliphatic rings. The molecule has 1 N–H and O–H groups in total. The largest absolute Gasteiger partial charge is 0.481 e. The van der Waals surface area contributed by atoms with Crippen LogP contribution in [-0.4, -0.2) is 35.0 Å². The van der Waals surface area contributed by atoms with Crippen molar-refractivity contribution in [3.8, 4) is 0 Å². The normalized spacial score (nSPS) is 23.3. The van der Waals surface area contributed by atoms with Crippen molar-refractivity contribution in [1.82, 2.24) is 4.90 Å². The summed E-state index contributed by atoms with van der Waals surface area (Å²) < 4.78 is 5.40. The molecular weight excluding hydrogens is 234 g/mol. The molecule has 1 atom stereocenters. The fourth-order valence-corrected chi connectivity index (χ4v) is 2.15. The van der Waals surface area contributed by atoms with Gasteiger partial charge in [-0.15, -0.1) is 0 Å². The molecule has 0 spiro atoms. The van der Waals surface area contributed by atoms with Gasteiger partial charge >= 0.3 is 5.97 Å². The van der Waals surface area contributed by atoms with Crippen molar-refractivity contribution in [3.63, 3.8) is 0 Å². The maximum absolute atomic E-state index is 12.1. The standard InChI is InChI=1S/C13H17NO4/c1-3-9-4-5-10(18-9)11(15)14-7-6-13(2,8-14)12(16)17/h4-5H,3,6-8H2,1-2H3,(H,16,17)/t13-/m1/s1. The maximum atomic E-state index is 12.1. The highest BCUT2D eigenvalue weighted by atomic mass is 16.4. The minimum atomic E-state index is -0.855. The predicted molar refractivity (Wildman–Crippen MR) is 64.3 cm³/mol. The minimum absolute atomic E-state index is 0.223. The van der Waals surface area contributed by atoms with Crippen LogP contribution in [0.2, 0.25) is 0 Å². The highest BCUT2D eigenvalue weighted by molar-refractivity contribution is 5.92. The first-order valence-electron chi connectivity index (χ1n) is 6.07. The number of amides is 1. The van der Waals surface area contributed by atoms with Crippen LogP contribution in [0.1, 0.15) is 36.6 Å². The Morgan fingerprint density at radius 1 is 1.50 bits per heavy atom. The molecule has 0 radical (unpaired) electrons. The summed E-state index contributed by atoms with van der Waals surface area (Å²) >= 11 is 0. The van der Waals surface area contributed by atoms with Crippen molar-refractivity contribution in [2.24, 2.45) is 5.41 Å². The Kier molecular flexibility index (Phi) is 3.15. The summed E-state index contributed by atoms with van der Waals surface area (Å²) in [5, 5.41) is 9.12. The Labute approximate surface area is 105 Å². The van der Waals surface area contributed by atoms with Crippen LogP contribution in [0.25, 0.3) is 0 Å². The SMILES string of the molecule is CCc1ccc(C(=O)N2CC[C@@](C)(C(=O)O)C2)o1. The van der Waals surface area contributed by atoms with Gasteiger partial charge in [0.05, 0.1) is 5.41 Å². The highest BCUT2D eigenvalue weighted by Gasteiger charge is 2.42. The number of nitrogens with zero attached hydrogens (tertiary/aromatic N) is 1. The smallest absolute Gasteiger partial charge is 0.311 e. The number of hydrogen-bond donors (Lipinski definition) is 1. The lowest BCUT2D eigenvalue weighted by Gasteiger charge is -2.19. The van der Waals surface area contributed by atoms with E-state index in [2.05, 4.69) is 0 Å². The number of aliphatic carboxylic acids is 1. The first kappa shape index (κ1) is 12.7. The summed E-state index contributed by atoms with van der Waals surface area (Å²) in [4.78, 5) is 24.8. The van der Waals surface area contributed by atoms with Gasteiger partial charge in [0.1, 0.15) is 5.76 Å². The molecule has 1 aromatic heterocycles. The molecule has 2 rings (SSSR count). The number of furan rings is 1. The molecule has 18 heavy (non-hydrogen) atoms. The van der Waals surface area contributed by atoms with E-state index in [1.54, 1.807) is 24.0 Å². The zero-order valence-corrected chi connectivity index (χ0v) is 10.6. The maximum Gasteiger partial charge on any atom is 0.311 e. The van der Waals surface area contributed by atoms with E-state index in [4.69, 9.17) is 9.52 Å². The van der Waals surface area contributed by atoms with Gasteiger partial charge in [0.2, 0.25) is 0 Å². The van der Waals surface area contributed by atoms with Gasteiger partial charge in [-0.2, -0.15) is 0 Å². The molecule has 1 aliphatic heterocycles. The topological polar surface area (TPSA) is 70.8 Å². The van der Waals surface area contributed by atoms with Crippen LogP contribution < -0.4 is 0 Å². The van der Waals surface area contributed by atoms with Crippen molar-refractivity contribution in [2.75, 3.05) is 13.1 Å². The Bertz CT molecular complexity index is 479. The van der Waals surface area contributed by atoms with Crippen LogP contribution in [0.3, 0.4) is 0 Å². The van der Waals surface area contributed by atoms with Gasteiger partial charge in [0.25, 0.3) is 5.91 Å². The number of hydrogen-bond acceptors (Lipinski definition) is 3. The fraction of sp³-hybridized carbons (Fsp3) is 0.538. The second kappa shape index (κ2) is 4.48. The molecule has 98 valence electrons. The fourth-order valence-electron chi connectivity index (χ4n) is 2.15. The molecule has 1 aromatic rings. The monoisotopic (exact) mass is 251 g/mol. The Hall–Kier alpha value is -1.78. The quantitative estimate of drug-likeness (QED) is 0.888. The van der Waals surface area contributed by atoms with Crippen molar-refractivity contribution >= 4 is 11.9 Å². The third-order valence-corrected chi connectivity index (χ3v) is 3.50. The summed E-state index contributed by atoms with van der Waals surface area (Å²) in [7, 11) is 0. The average Bonchev–Trinajstić information content (AvgIpc) is 2.95. The molecule has 0 unspecified atom stereocenters. The van der Waals surface area contributed by atoms with Crippen LogP contribution in [0, 0.1) is 5.41 Å². The zero-order valence-electron chi connectivity index (χ0n) is 10.6. The minimum Gasteiger partial charge on any atom is -0.481 e. The first-order chi connectivity index (χ1) is 8.46. The van der Waals surface area contributed by atoms with Gasteiger partial charge < -0.3 is 14.4 Å². The Balaban J connectivity index is 2.10. The number of carboxylic acids is 1. The van der Waals surface area contributed by atoms with Gasteiger partial charge in [-0.1, -0.05) is 6.92 Å². The van der Waals surface area contributed by atoms with E-state index in [0.29, 0.717) is 18.7 Å². The molecule has 0 aromatic carbocycles. The van der Waals surface area contributed by atoms with E-state index in [-0.39, 0.29) is 12.5 Å². The number of aryl methyl sites for hydroxylation is 1. The van der Waals surface area contributed by atoms with Gasteiger partial charge in [-0.25, -0.2) is 0 Å². The highest BCUT2D eigenvalue weighted by Crippen LogP contribution is 2.31. The third kappa shape index (κ3) is 2.12. The first-order valence-corrected chi connectivity index (χ1v) is 6.07. The lowest BCUT2D eigenvalue weighted by Crippen LogP contribution is -2.34. The van der Waals surface area contributed by atoms with Crippen molar-refractivity contribution in [3.05, 3.63) is 23.7 Å². The molecule has 1 amide bonds. The van der Waals surface area contributed by atoms with E-state index < -0.39 is 11.4 Å². The Morgan fingerprint density at radius 2 is 2.22 bits per heavy atom. The number of rotatable bonds is 3. The van der Waals surface area contributed by atoms with Gasteiger partial charge in [-0.3, -0.25) is 9.59 Å². The van der Waals surface area contributed by atoms with Crippen molar-refractivity contribution < 1.29 is 19.1 Å². The molecule has 2 heterocycles. The zero-order chi connectivity index (χ0) is 13.3. The lowest BCUT2D eigenvalue weighted by atomic mass is 9.90. The summed E-state index contributed by atoms with van der Waals surface area (Å²) in [6.07, 6.45) is 1.22. The summed E-state index contributed by atoms with van der Waals surface area (Å²) in [5.41, 5.74) is -0.837. The van der Waals surface area contributed by atoms with Gasteiger partial charge in [0.15, 0.2) is 5.76 Å². The van der Waals surface area contributed by atoms with E-state index in [0.717, 1.165) is 12.2 Å². The molecule has 5 heteroatoms. The molecular formula is C13H17NO4. The van der Waals surface area contributed by atoms with Gasteiger partial charge in [0, 0.05) is 19.5 Å². The van der Waals surface area contributed by atoms with Crippen molar-refractivity contribution in [1.29, 1.82) is 0 Å². The summed E-state index contributed by atoms with van der Waals surface area (Å²) in [6.45, 7) is 4.32. The number of carbonyl (C=O) groups is 2. The van der Waals surface area contributed by atoms with E-state index >= 15 is 0 Å². The molecule has 5 nitrogen and oxygen atoms in total. The Morgan fingerprint density at radius 3 is 2.72 bits per heavy atom. The number of carboxylic acid groups (broad SMARTS) is 1. The van der Waals surface area contributed by atoms with E-state index in [1.807, 2.05) is 6.92 Å². The molecule has 0 bridgehead atoms. The third-order valence-electron chi connectivity index (χ3n) is 3.50. The van der Waals surface area contributed by atoms with E-state index in [9.17, 15) is 9.59 Å². The second-order valence-electron chi connectivity index (χ2n) is 4.96. The summed E-state index contributed by atoms with van der Waals surface area (Å²) in [5.74, 6) is -0.0220. The van der Waals surface area contributed by atoms with Crippen LogP contribution in [0.15, 0.2) is 16.5 Å². The average molecular weight is 251 g/mol. The van der Waals surface area contributed by atoms with E-state index in [1.165, 1.54) is 0 Å². The van der Waals surface area contributed by atoms with Crippen LogP contribution in [0.5, 0.6) is 0 Å². The van der Waals surface area contributed by atoms with Crippen LogP contribution >= 0.6 is 0 Å². The molecule has 0 saturated carbocycles. The number of carbonyl (C=O) groups excluding carboxylic acids is 1. The number of likely N-dealkylation sites (tertiary alicyclic amines) is 1. The lowest BCUT2D eigenvalue weighted by molar-refractivity contribution is -0.147. The predicted octanol–water partition coefficient (Wildman–Crippen LogP) is 1.78. The van der Waals surface area contributed by atoms with Crippen LogP contribution in [-0.2, 0) is 11.2 Å². The molecule has 0 aliphatic carbocycles. The molecule has 1 fully saturated rings. The summed E-state index contributed by atoms with van der Waals surface area (Å²) in [6, 6.07) is 3.43. The van der Waals surface area contributed by atoms with Crippen molar-refractivity contribution in [2.45, 2.75) is 26.7 Å². The second-order valence-corrected chi connectivity index (χ2v) is 4.96. The molecule has 1 saturated heterocycles.